The summed E-state index contributed by atoms with van der Waals surface area (Å²) in [5, 5.41) is 10.4. The van der Waals surface area contributed by atoms with Crippen LogP contribution in [-0.2, 0) is 4.79 Å². The van der Waals surface area contributed by atoms with Crippen molar-refractivity contribution >= 4 is 33.2 Å². The summed E-state index contributed by atoms with van der Waals surface area (Å²) in [5.74, 6) is 2.05. The third kappa shape index (κ3) is 5.00. The second-order valence-corrected chi connectivity index (χ2v) is 8.33. The van der Waals surface area contributed by atoms with Gasteiger partial charge in [-0.05, 0) is 31.4 Å². The zero-order valence-corrected chi connectivity index (χ0v) is 14.5. The molecule has 1 atom stereocenters. The molecule has 122 valence electrons. The Hall–Kier alpha value is -1.47. The molecular formula is C16H20N4OS2. The molecule has 1 fully saturated rings. The molecule has 23 heavy (non-hydrogen) atoms. The topological polar surface area (TPSA) is 70.7 Å². The van der Waals surface area contributed by atoms with Crippen LogP contribution in [0.4, 0.5) is 5.69 Å². The van der Waals surface area contributed by atoms with Crippen LogP contribution in [0, 0.1) is 0 Å². The normalized spacial score (nSPS) is 17.3. The number of aromatic nitrogens is 3. The van der Waals surface area contributed by atoms with Crippen molar-refractivity contribution in [1.29, 1.82) is 0 Å². The van der Waals surface area contributed by atoms with Gasteiger partial charge in [0.1, 0.15) is 6.33 Å². The largest absolute Gasteiger partial charge is 0.326 e. The summed E-state index contributed by atoms with van der Waals surface area (Å²) in [6.07, 6.45) is 6.68. The van der Waals surface area contributed by atoms with E-state index in [0.29, 0.717) is 12.2 Å². The third-order valence-electron chi connectivity index (χ3n) is 3.74. The van der Waals surface area contributed by atoms with E-state index in [2.05, 4.69) is 20.5 Å². The Kier molecular flexibility index (Phi) is 5.99. The molecule has 3 rings (SSSR count). The molecule has 2 aromatic rings. The van der Waals surface area contributed by atoms with Crippen molar-refractivity contribution in [1.82, 2.24) is 15.2 Å². The number of unbranched alkanes of at least 4 members (excludes halogenated alkanes) is 1. The van der Waals surface area contributed by atoms with Gasteiger partial charge < -0.3 is 5.32 Å². The fourth-order valence-electron chi connectivity index (χ4n) is 2.53. The first-order valence-corrected chi connectivity index (χ1v) is 10.2. The summed E-state index contributed by atoms with van der Waals surface area (Å²) in [7, 11) is 3.98. The number of nitrogens with one attached hydrogen (secondary N) is 2. The third-order valence-corrected chi connectivity index (χ3v) is 6.75. The van der Waals surface area contributed by atoms with E-state index in [1.54, 1.807) is 0 Å². The lowest BCUT2D eigenvalue weighted by molar-refractivity contribution is -0.116. The van der Waals surface area contributed by atoms with Gasteiger partial charge in [0.15, 0.2) is 5.82 Å². The van der Waals surface area contributed by atoms with Gasteiger partial charge in [-0.1, -0.05) is 40.1 Å². The van der Waals surface area contributed by atoms with Crippen LogP contribution in [0.15, 0.2) is 30.6 Å². The second kappa shape index (κ2) is 8.40. The maximum Gasteiger partial charge on any atom is 0.224 e. The minimum Gasteiger partial charge on any atom is -0.326 e. The molecule has 0 radical (unpaired) electrons. The second-order valence-electron chi connectivity index (χ2n) is 5.54. The molecule has 2 N–H and O–H groups in total. The van der Waals surface area contributed by atoms with Gasteiger partial charge >= 0.3 is 0 Å². The smallest absolute Gasteiger partial charge is 0.224 e. The molecule has 0 bridgehead atoms. The molecule has 0 aliphatic carbocycles. The standard InChI is InChI=1S/C16H20N4OS2/c21-15(7-2-1-6-14-8-9-22-23-14)19-13-5-3-4-12(10-13)16-17-11-18-20-16/h3-5,10-11,14H,1-2,6-9H2,(H,19,21)(H,17,18,20)/t14-/m1/s1. The fraction of sp³-hybridized carbons (Fsp3) is 0.438. The van der Waals surface area contributed by atoms with Gasteiger partial charge in [-0.2, -0.15) is 5.10 Å². The Balaban J connectivity index is 1.43. The zero-order chi connectivity index (χ0) is 15.9. The van der Waals surface area contributed by atoms with Gasteiger partial charge in [0.2, 0.25) is 5.91 Å². The van der Waals surface area contributed by atoms with Crippen LogP contribution in [0.25, 0.3) is 11.4 Å². The van der Waals surface area contributed by atoms with E-state index < -0.39 is 0 Å². The van der Waals surface area contributed by atoms with Crippen molar-refractivity contribution in [3.8, 4) is 11.4 Å². The number of aromatic amines is 1. The number of carbonyl (C=O) groups is 1. The minimum atomic E-state index is 0.0770. The highest BCUT2D eigenvalue weighted by Gasteiger charge is 2.15. The molecule has 5 nitrogen and oxygen atoms in total. The Morgan fingerprint density at radius 1 is 1.39 bits per heavy atom. The lowest BCUT2D eigenvalue weighted by Gasteiger charge is -2.08. The monoisotopic (exact) mass is 348 g/mol. The van der Waals surface area contributed by atoms with Gasteiger partial charge in [-0.15, -0.1) is 0 Å². The van der Waals surface area contributed by atoms with Gasteiger partial charge in [-0.25, -0.2) is 4.98 Å². The van der Waals surface area contributed by atoms with Crippen LogP contribution in [0.2, 0.25) is 0 Å². The number of rotatable bonds is 7. The maximum absolute atomic E-state index is 12.1. The van der Waals surface area contributed by atoms with Crippen molar-refractivity contribution < 1.29 is 4.79 Å². The summed E-state index contributed by atoms with van der Waals surface area (Å²) in [6.45, 7) is 0. The van der Waals surface area contributed by atoms with Crippen molar-refractivity contribution in [2.75, 3.05) is 11.1 Å². The minimum absolute atomic E-state index is 0.0770. The molecule has 0 unspecified atom stereocenters. The number of hydrogen-bond acceptors (Lipinski definition) is 5. The van der Waals surface area contributed by atoms with Crippen molar-refractivity contribution in [3.05, 3.63) is 30.6 Å². The van der Waals surface area contributed by atoms with E-state index in [-0.39, 0.29) is 5.91 Å². The Morgan fingerprint density at radius 3 is 3.13 bits per heavy atom. The number of anilines is 1. The molecule has 1 aromatic heterocycles. The van der Waals surface area contributed by atoms with Crippen LogP contribution in [0.3, 0.4) is 0 Å². The molecule has 1 amide bonds. The summed E-state index contributed by atoms with van der Waals surface area (Å²) in [6, 6.07) is 7.64. The average molecular weight is 348 g/mol. The van der Waals surface area contributed by atoms with Gasteiger partial charge in [-0.3, -0.25) is 9.89 Å². The summed E-state index contributed by atoms with van der Waals surface area (Å²) < 4.78 is 0. The molecule has 1 aromatic carbocycles. The van der Waals surface area contributed by atoms with Crippen LogP contribution >= 0.6 is 21.6 Å². The van der Waals surface area contributed by atoms with E-state index in [0.717, 1.165) is 29.3 Å². The number of amides is 1. The highest BCUT2D eigenvalue weighted by Crippen LogP contribution is 2.39. The average Bonchev–Trinajstić information content (AvgIpc) is 3.25. The first kappa shape index (κ1) is 16.4. The summed E-state index contributed by atoms with van der Waals surface area (Å²) >= 11 is 0. The summed E-state index contributed by atoms with van der Waals surface area (Å²) in [4.78, 5) is 16.2. The van der Waals surface area contributed by atoms with E-state index in [1.807, 2.05) is 45.9 Å². The van der Waals surface area contributed by atoms with Crippen molar-refractivity contribution in [2.24, 2.45) is 0 Å². The molecule has 2 heterocycles. The SMILES string of the molecule is O=C(CCCC[C@@H]1CCSS1)Nc1cccc(-c2ncn[nH]2)c1. The number of H-pyrrole nitrogens is 1. The molecule has 0 spiro atoms. The van der Waals surface area contributed by atoms with Crippen LogP contribution in [0.1, 0.15) is 32.1 Å². The van der Waals surface area contributed by atoms with Crippen LogP contribution < -0.4 is 5.32 Å². The van der Waals surface area contributed by atoms with Crippen LogP contribution in [-0.4, -0.2) is 32.1 Å². The Bertz CT molecular complexity index is 627. The van der Waals surface area contributed by atoms with E-state index in [9.17, 15) is 4.79 Å². The number of hydrogen-bond donors (Lipinski definition) is 2. The molecule has 0 saturated carbocycles. The number of nitrogens with zero attached hydrogens (tertiary/aromatic N) is 2. The quantitative estimate of drug-likeness (QED) is 0.582. The fourth-order valence-corrected chi connectivity index (χ4v) is 5.56. The first-order valence-electron chi connectivity index (χ1n) is 7.85. The summed E-state index contributed by atoms with van der Waals surface area (Å²) in [5.41, 5.74) is 1.71. The van der Waals surface area contributed by atoms with E-state index >= 15 is 0 Å². The molecule has 7 heteroatoms. The lowest BCUT2D eigenvalue weighted by Crippen LogP contribution is -2.11. The highest BCUT2D eigenvalue weighted by molar-refractivity contribution is 8.77. The zero-order valence-electron chi connectivity index (χ0n) is 12.8. The molecular weight excluding hydrogens is 328 g/mol. The molecule has 1 aliphatic rings. The van der Waals surface area contributed by atoms with Crippen molar-refractivity contribution in [3.63, 3.8) is 0 Å². The first-order chi connectivity index (χ1) is 11.3. The van der Waals surface area contributed by atoms with Gasteiger partial charge in [0, 0.05) is 28.7 Å². The number of benzene rings is 1. The Morgan fingerprint density at radius 2 is 2.35 bits per heavy atom. The predicted octanol–water partition coefficient (Wildman–Crippen LogP) is 4.12. The highest BCUT2D eigenvalue weighted by atomic mass is 33.1. The van der Waals surface area contributed by atoms with Crippen LogP contribution in [0.5, 0.6) is 0 Å². The van der Waals surface area contributed by atoms with Gasteiger partial charge in [0.25, 0.3) is 0 Å². The van der Waals surface area contributed by atoms with E-state index in [4.69, 9.17) is 0 Å². The lowest BCUT2D eigenvalue weighted by atomic mass is 10.1. The van der Waals surface area contributed by atoms with Gasteiger partial charge in [0.05, 0.1) is 0 Å². The predicted molar refractivity (Wildman–Crippen MR) is 97.4 cm³/mol. The maximum atomic E-state index is 12.1. The van der Waals surface area contributed by atoms with E-state index in [1.165, 1.54) is 24.9 Å². The van der Waals surface area contributed by atoms with Crippen molar-refractivity contribution in [2.45, 2.75) is 37.4 Å². The molecule has 1 aliphatic heterocycles. The Labute approximate surface area is 143 Å². The molecule has 1 saturated heterocycles. The number of carbonyl (C=O) groups excluding carboxylic acids is 1.